The van der Waals surface area contributed by atoms with E-state index in [0.29, 0.717) is 18.5 Å². The molecule has 1 aromatic heterocycles. The normalized spacial score (nSPS) is 23.9. The van der Waals surface area contributed by atoms with Crippen molar-refractivity contribution in [3.8, 4) is 0 Å². The Morgan fingerprint density at radius 3 is 2.43 bits per heavy atom. The van der Waals surface area contributed by atoms with Gasteiger partial charge in [-0.1, -0.05) is 36.4 Å². The van der Waals surface area contributed by atoms with Crippen LogP contribution in [0.1, 0.15) is 53.8 Å². The molecule has 2 unspecified atom stereocenters. The van der Waals surface area contributed by atoms with Crippen molar-refractivity contribution in [2.75, 3.05) is 0 Å². The molecule has 0 radical (unpaired) electrons. The first-order chi connectivity index (χ1) is 13.6. The third-order valence-corrected chi connectivity index (χ3v) is 5.90. The lowest BCUT2D eigenvalue weighted by atomic mass is 9.76. The van der Waals surface area contributed by atoms with Crippen molar-refractivity contribution in [2.45, 2.75) is 57.7 Å². The fourth-order valence-corrected chi connectivity index (χ4v) is 4.58. The Morgan fingerprint density at radius 1 is 1.04 bits per heavy atom. The number of benzene rings is 1. The molecule has 2 aliphatic heterocycles. The van der Waals surface area contributed by atoms with Crippen molar-refractivity contribution in [2.24, 2.45) is 5.92 Å². The van der Waals surface area contributed by atoms with Crippen LogP contribution in [0, 0.1) is 12.8 Å². The Balaban J connectivity index is 1.43. The molecule has 2 aromatic rings. The van der Waals surface area contributed by atoms with E-state index < -0.39 is 0 Å². The molecular weight excluding hydrogens is 352 g/mol. The van der Waals surface area contributed by atoms with Crippen LogP contribution in [0.2, 0.25) is 0 Å². The number of hydrogen-bond donors (Lipinski definition) is 0. The zero-order valence-electron chi connectivity index (χ0n) is 16.2. The zero-order chi connectivity index (χ0) is 19.5. The maximum Gasteiger partial charge on any atom is 0.410 e. The van der Waals surface area contributed by atoms with E-state index in [-0.39, 0.29) is 36.5 Å². The molecule has 2 atom stereocenters. The van der Waals surface area contributed by atoms with Gasteiger partial charge in [0.2, 0.25) is 0 Å². The highest BCUT2D eigenvalue weighted by Crippen LogP contribution is 2.38. The molecule has 2 aliphatic rings. The quantitative estimate of drug-likeness (QED) is 0.733. The number of hydrogen-bond acceptors (Lipinski definition) is 4. The van der Waals surface area contributed by atoms with E-state index in [2.05, 4.69) is 4.98 Å². The van der Waals surface area contributed by atoms with Gasteiger partial charge in [0, 0.05) is 23.7 Å². The maximum atomic E-state index is 13.0. The second-order valence-electron chi connectivity index (χ2n) is 7.88. The van der Waals surface area contributed by atoms with Gasteiger partial charge in [0.15, 0.2) is 5.78 Å². The third kappa shape index (κ3) is 3.93. The van der Waals surface area contributed by atoms with Crippen LogP contribution in [-0.2, 0) is 11.3 Å². The number of pyridine rings is 1. The molecule has 0 aliphatic carbocycles. The van der Waals surface area contributed by atoms with Crippen molar-refractivity contribution in [3.63, 3.8) is 0 Å². The number of aromatic nitrogens is 1. The minimum absolute atomic E-state index is 0.0669. The lowest BCUT2D eigenvalue weighted by Crippen LogP contribution is -2.55. The summed E-state index contributed by atoms with van der Waals surface area (Å²) in [5.74, 6) is 0.0423. The number of aryl methyl sites for hydroxylation is 1. The molecule has 0 saturated carbocycles. The van der Waals surface area contributed by atoms with Gasteiger partial charge in [0.25, 0.3) is 0 Å². The highest BCUT2D eigenvalue weighted by atomic mass is 16.6. The van der Waals surface area contributed by atoms with Crippen LogP contribution < -0.4 is 0 Å². The Kier molecular flexibility index (Phi) is 5.42. The molecule has 2 fully saturated rings. The van der Waals surface area contributed by atoms with Gasteiger partial charge < -0.3 is 9.64 Å². The average Bonchev–Trinajstić information content (AvgIpc) is 2.71. The van der Waals surface area contributed by atoms with E-state index in [4.69, 9.17) is 4.74 Å². The van der Waals surface area contributed by atoms with E-state index in [0.717, 1.165) is 30.5 Å². The SMILES string of the molecule is Cc1cccc(C(=O)C2CC3CCCC(C2)N3C(=O)OCc2ccccc2)n1. The number of amides is 1. The number of rotatable bonds is 4. The number of nitrogens with zero attached hydrogens (tertiary/aromatic N) is 2. The zero-order valence-corrected chi connectivity index (χ0v) is 16.2. The standard InChI is InChI=1S/C23H26N2O3/c1-16-7-5-12-21(24-16)22(26)18-13-19-10-6-11-20(14-18)25(19)23(27)28-15-17-8-3-2-4-9-17/h2-5,7-9,12,18-20H,6,10-11,13-15H2,1H3. The van der Waals surface area contributed by atoms with Crippen LogP contribution in [0.15, 0.2) is 48.5 Å². The molecule has 5 heteroatoms. The number of ketones is 1. The predicted octanol–water partition coefficient (Wildman–Crippen LogP) is 4.54. The molecule has 1 amide bonds. The molecule has 4 rings (SSSR count). The highest BCUT2D eigenvalue weighted by Gasteiger charge is 2.43. The number of fused-ring (bicyclic) bond motifs is 2. The molecule has 146 valence electrons. The van der Waals surface area contributed by atoms with E-state index in [9.17, 15) is 9.59 Å². The first-order valence-corrected chi connectivity index (χ1v) is 10.1. The summed E-state index contributed by atoms with van der Waals surface area (Å²) in [6, 6.07) is 15.5. The van der Waals surface area contributed by atoms with Crippen LogP contribution in [-0.4, -0.2) is 33.8 Å². The van der Waals surface area contributed by atoms with Gasteiger partial charge >= 0.3 is 6.09 Å². The average molecular weight is 378 g/mol. The third-order valence-electron chi connectivity index (χ3n) is 5.90. The summed E-state index contributed by atoms with van der Waals surface area (Å²) in [5.41, 5.74) is 2.38. The summed E-state index contributed by atoms with van der Waals surface area (Å²) in [6.45, 7) is 2.18. The van der Waals surface area contributed by atoms with E-state index in [1.54, 1.807) is 6.07 Å². The Morgan fingerprint density at radius 2 is 1.75 bits per heavy atom. The Hall–Kier alpha value is -2.69. The maximum absolute atomic E-state index is 13.0. The lowest BCUT2D eigenvalue weighted by Gasteiger charge is -2.47. The van der Waals surface area contributed by atoms with E-state index >= 15 is 0 Å². The van der Waals surface area contributed by atoms with Crippen molar-refractivity contribution in [1.29, 1.82) is 0 Å². The molecule has 0 spiro atoms. The van der Waals surface area contributed by atoms with Gasteiger partial charge in [0.1, 0.15) is 12.3 Å². The minimum atomic E-state index is -0.252. The minimum Gasteiger partial charge on any atom is -0.445 e. The Labute approximate surface area is 165 Å². The molecule has 28 heavy (non-hydrogen) atoms. The van der Waals surface area contributed by atoms with Crippen LogP contribution in [0.3, 0.4) is 0 Å². The second kappa shape index (κ2) is 8.13. The number of carbonyl (C=O) groups excluding carboxylic acids is 2. The molecular formula is C23H26N2O3. The monoisotopic (exact) mass is 378 g/mol. The summed E-state index contributed by atoms with van der Waals surface area (Å²) in [6.07, 6.45) is 4.11. The smallest absolute Gasteiger partial charge is 0.410 e. The van der Waals surface area contributed by atoms with Crippen molar-refractivity contribution in [3.05, 3.63) is 65.5 Å². The number of piperidine rings is 2. The fourth-order valence-electron chi connectivity index (χ4n) is 4.58. The summed E-state index contributed by atoms with van der Waals surface area (Å²) >= 11 is 0. The van der Waals surface area contributed by atoms with Crippen molar-refractivity contribution < 1.29 is 14.3 Å². The van der Waals surface area contributed by atoms with Gasteiger partial charge in [-0.15, -0.1) is 0 Å². The molecule has 1 aromatic carbocycles. The van der Waals surface area contributed by atoms with Crippen LogP contribution in [0.25, 0.3) is 0 Å². The van der Waals surface area contributed by atoms with Crippen LogP contribution in [0.5, 0.6) is 0 Å². The molecule has 2 bridgehead atoms. The van der Waals surface area contributed by atoms with E-state index in [1.807, 2.05) is 54.3 Å². The summed E-state index contributed by atoms with van der Waals surface area (Å²) < 4.78 is 5.59. The van der Waals surface area contributed by atoms with Gasteiger partial charge in [-0.2, -0.15) is 0 Å². The van der Waals surface area contributed by atoms with Crippen LogP contribution >= 0.6 is 0 Å². The first-order valence-electron chi connectivity index (χ1n) is 10.1. The summed E-state index contributed by atoms with van der Waals surface area (Å²) in [5, 5.41) is 0. The van der Waals surface area contributed by atoms with Gasteiger partial charge in [-0.25, -0.2) is 4.79 Å². The first kappa shape index (κ1) is 18.7. The summed E-state index contributed by atoms with van der Waals surface area (Å²) in [4.78, 5) is 32.1. The predicted molar refractivity (Wildman–Crippen MR) is 106 cm³/mol. The topological polar surface area (TPSA) is 59.5 Å². The summed E-state index contributed by atoms with van der Waals surface area (Å²) in [7, 11) is 0. The van der Waals surface area contributed by atoms with Crippen molar-refractivity contribution >= 4 is 11.9 Å². The van der Waals surface area contributed by atoms with Crippen LogP contribution in [0.4, 0.5) is 4.79 Å². The van der Waals surface area contributed by atoms with Crippen molar-refractivity contribution in [1.82, 2.24) is 9.88 Å². The molecule has 3 heterocycles. The largest absolute Gasteiger partial charge is 0.445 e. The Bertz CT molecular complexity index is 838. The van der Waals surface area contributed by atoms with Gasteiger partial charge in [0.05, 0.1) is 0 Å². The number of ether oxygens (including phenoxy) is 1. The molecule has 0 N–H and O–H groups in total. The second-order valence-corrected chi connectivity index (χ2v) is 7.88. The lowest BCUT2D eigenvalue weighted by molar-refractivity contribution is 0.00463. The molecule has 2 saturated heterocycles. The number of carbonyl (C=O) groups is 2. The fraction of sp³-hybridized carbons (Fsp3) is 0.435. The number of Topliss-reactive ketones (excluding diaryl/α,β-unsaturated/α-hetero) is 1. The van der Waals surface area contributed by atoms with E-state index in [1.165, 1.54) is 0 Å². The molecule has 5 nitrogen and oxygen atoms in total. The van der Waals surface area contributed by atoms with Gasteiger partial charge in [-0.05, 0) is 56.7 Å². The highest BCUT2D eigenvalue weighted by molar-refractivity contribution is 5.96. The van der Waals surface area contributed by atoms with Gasteiger partial charge in [-0.3, -0.25) is 9.78 Å².